The first-order valence-electron chi connectivity index (χ1n) is 10.5. The van der Waals surface area contributed by atoms with Gasteiger partial charge in [0.25, 0.3) is 11.8 Å². The Bertz CT molecular complexity index is 1400. The zero-order valence-electron chi connectivity index (χ0n) is 18.7. The van der Waals surface area contributed by atoms with Crippen molar-refractivity contribution in [2.75, 3.05) is 4.90 Å². The molecule has 3 aromatic carbocycles. The molecule has 1 fully saturated rings. The molecule has 0 radical (unpaired) electrons. The summed E-state index contributed by atoms with van der Waals surface area (Å²) in [5.74, 6) is -1.10. The molecule has 1 aliphatic rings. The molecule has 0 atom stereocenters. The molecular weight excluding hydrogens is 600 g/mol. The summed E-state index contributed by atoms with van der Waals surface area (Å²) in [6.07, 6.45) is 1.41. The lowest BCUT2D eigenvalue weighted by Gasteiger charge is -2.27. The average molecular weight is 619 g/mol. The van der Waals surface area contributed by atoms with E-state index >= 15 is 0 Å². The number of aryl methyl sites for hydroxylation is 2. The summed E-state index contributed by atoms with van der Waals surface area (Å²) >= 11 is 13.2. The summed E-state index contributed by atoms with van der Waals surface area (Å²) in [4.78, 5) is 39.6. The van der Waals surface area contributed by atoms with Gasteiger partial charge in [-0.25, -0.2) is 9.69 Å². The number of hydrogen-bond acceptors (Lipinski definition) is 4. The molecule has 1 saturated heterocycles. The number of imide groups is 2. The maximum atomic E-state index is 13.3. The van der Waals surface area contributed by atoms with Crippen molar-refractivity contribution >= 4 is 73.1 Å². The Morgan fingerprint density at radius 3 is 2.46 bits per heavy atom. The van der Waals surface area contributed by atoms with Gasteiger partial charge in [0.2, 0.25) is 0 Å². The highest BCUT2D eigenvalue weighted by atomic mass is 79.9. The highest BCUT2D eigenvalue weighted by Gasteiger charge is 2.37. The van der Waals surface area contributed by atoms with Crippen LogP contribution in [0.3, 0.4) is 0 Å². The second-order valence-corrected chi connectivity index (χ2v) is 10.1. The standard InChI is InChI=1S/C26H19Br2ClN2O4/c1-14-7-8-19(9-15(14)2)31-25(33)20(24(32)30-26(31)34)11-17-10-18(27)12-21(28)23(17)35-13-16-5-3-4-6-22(16)29/h3-12H,13H2,1-2H3,(H,30,32,34)/b20-11+. The first kappa shape index (κ1) is 25.2. The Morgan fingerprint density at radius 1 is 1.00 bits per heavy atom. The summed E-state index contributed by atoms with van der Waals surface area (Å²) in [6.45, 7) is 3.99. The van der Waals surface area contributed by atoms with Gasteiger partial charge in [-0.1, -0.05) is 51.8 Å². The molecule has 0 aliphatic carbocycles. The Hall–Kier alpha value is -2.94. The number of ether oxygens (including phenoxy) is 1. The minimum atomic E-state index is -0.800. The SMILES string of the molecule is Cc1ccc(N2C(=O)NC(=O)/C(=C\c3cc(Br)cc(Br)c3OCc3ccccc3Cl)C2=O)cc1C. The van der Waals surface area contributed by atoms with Gasteiger partial charge in [-0.05, 0) is 77.3 Å². The van der Waals surface area contributed by atoms with E-state index < -0.39 is 17.8 Å². The van der Waals surface area contributed by atoms with Gasteiger partial charge in [0.1, 0.15) is 17.9 Å². The largest absolute Gasteiger partial charge is 0.487 e. The third-order valence-corrected chi connectivity index (χ3v) is 6.93. The predicted molar refractivity (Wildman–Crippen MR) is 143 cm³/mol. The van der Waals surface area contributed by atoms with Crippen LogP contribution in [0.5, 0.6) is 5.75 Å². The summed E-state index contributed by atoms with van der Waals surface area (Å²) in [7, 11) is 0. The monoisotopic (exact) mass is 616 g/mol. The van der Waals surface area contributed by atoms with E-state index in [0.717, 1.165) is 21.6 Å². The Balaban J connectivity index is 1.73. The lowest BCUT2D eigenvalue weighted by atomic mass is 10.0. The van der Waals surface area contributed by atoms with Gasteiger partial charge in [0, 0.05) is 20.6 Å². The second-order valence-electron chi connectivity index (χ2n) is 7.91. The maximum Gasteiger partial charge on any atom is 0.335 e. The van der Waals surface area contributed by atoms with Crippen molar-refractivity contribution in [1.29, 1.82) is 0 Å². The average Bonchev–Trinajstić information content (AvgIpc) is 2.79. The van der Waals surface area contributed by atoms with Gasteiger partial charge in [0.15, 0.2) is 0 Å². The highest BCUT2D eigenvalue weighted by Crippen LogP contribution is 2.36. The number of carbonyl (C=O) groups excluding carboxylic acids is 3. The third kappa shape index (κ3) is 5.34. The number of carbonyl (C=O) groups is 3. The molecule has 9 heteroatoms. The summed E-state index contributed by atoms with van der Waals surface area (Å²) in [5, 5.41) is 2.81. The molecule has 178 valence electrons. The van der Waals surface area contributed by atoms with Gasteiger partial charge in [-0.15, -0.1) is 0 Å². The van der Waals surface area contributed by atoms with Gasteiger partial charge in [0.05, 0.1) is 10.2 Å². The molecule has 6 nitrogen and oxygen atoms in total. The number of anilines is 1. The van der Waals surface area contributed by atoms with Crippen molar-refractivity contribution in [1.82, 2.24) is 5.32 Å². The molecule has 4 rings (SSSR count). The van der Waals surface area contributed by atoms with Crippen molar-refractivity contribution in [3.63, 3.8) is 0 Å². The van der Waals surface area contributed by atoms with Crippen molar-refractivity contribution in [3.05, 3.63) is 96.4 Å². The van der Waals surface area contributed by atoms with Crippen LogP contribution in [0, 0.1) is 13.8 Å². The Labute approximate surface area is 224 Å². The minimum absolute atomic E-state index is 0.170. The molecule has 1 heterocycles. The summed E-state index contributed by atoms with van der Waals surface area (Å²) < 4.78 is 7.35. The molecule has 1 N–H and O–H groups in total. The molecule has 0 unspecified atom stereocenters. The van der Waals surface area contributed by atoms with E-state index in [9.17, 15) is 14.4 Å². The first-order valence-corrected chi connectivity index (χ1v) is 12.5. The van der Waals surface area contributed by atoms with E-state index in [1.807, 2.05) is 38.1 Å². The fourth-order valence-corrected chi connectivity index (χ4v) is 5.08. The lowest BCUT2D eigenvalue weighted by molar-refractivity contribution is -0.122. The van der Waals surface area contributed by atoms with Crippen molar-refractivity contribution in [2.45, 2.75) is 20.5 Å². The van der Waals surface area contributed by atoms with Crippen molar-refractivity contribution in [3.8, 4) is 5.75 Å². The molecule has 35 heavy (non-hydrogen) atoms. The van der Waals surface area contributed by atoms with Crippen LogP contribution in [-0.2, 0) is 16.2 Å². The number of barbiturate groups is 1. The summed E-state index contributed by atoms with van der Waals surface area (Å²) in [6, 6.07) is 15.2. The second kappa shape index (κ2) is 10.4. The number of amides is 4. The van der Waals surface area contributed by atoms with Crippen LogP contribution in [0.25, 0.3) is 6.08 Å². The fourth-order valence-electron chi connectivity index (χ4n) is 3.52. The van der Waals surface area contributed by atoms with Crippen LogP contribution in [-0.4, -0.2) is 17.8 Å². The van der Waals surface area contributed by atoms with E-state index in [1.54, 1.807) is 30.3 Å². The normalized spacial score (nSPS) is 14.9. The van der Waals surface area contributed by atoms with Crippen molar-refractivity contribution in [2.24, 2.45) is 0 Å². The fraction of sp³-hybridized carbons (Fsp3) is 0.115. The molecule has 4 amide bonds. The molecule has 0 saturated carbocycles. The molecule has 0 aromatic heterocycles. The van der Waals surface area contributed by atoms with E-state index in [1.165, 1.54) is 6.08 Å². The number of benzene rings is 3. The van der Waals surface area contributed by atoms with Crippen molar-refractivity contribution < 1.29 is 19.1 Å². The lowest BCUT2D eigenvalue weighted by Crippen LogP contribution is -2.54. The van der Waals surface area contributed by atoms with Crippen LogP contribution in [0.15, 0.2) is 69.1 Å². The van der Waals surface area contributed by atoms with Crippen LogP contribution in [0.4, 0.5) is 10.5 Å². The van der Waals surface area contributed by atoms with Crippen LogP contribution in [0.1, 0.15) is 22.3 Å². The number of rotatable bonds is 5. The maximum absolute atomic E-state index is 13.3. The highest BCUT2D eigenvalue weighted by molar-refractivity contribution is 9.11. The van der Waals surface area contributed by atoms with E-state index in [4.69, 9.17) is 16.3 Å². The number of urea groups is 1. The number of nitrogens with one attached hydrogen (secondary N) is 1. The van der Waals surface area contributed by atoms with Gasteiger partial charge >= 0.3 is 6.03 Å². The quantitative estimate of drug-likeness (QED) is 0.254. The van der Waals surface area contributed by atoms with Gasteiger partial charge in [-0.2, -0.15) is 0 Å². The Morgan fingerprint density at radius 2 is 1.74 bits per heavy atom. The molecule has 0 bridgehead atoms. The molecule has 1 aliphatic heterocycles. The van der Waals surface area contributed by atoms with E-state index in [2.05, 4.69) is 37.2 Å². The molecular formula is C26H19Br2ClN2O4. The first-order chi connectivity index (χ1) is 16.7. The topological polar surface area (TPSA) is 75.7 Å². The van der Waals surface area contributed by atoms with E-state index in [-0.39, 0.29) is 12.2 Å². The van der Waals surface area contributed by atoms with Gasteiger partial charge < -0.3 is 4.74 Å². The smallest absolute Gasteiger partial charge is 0.335 e. The zero-order chi connectivity index (χ0) is 25.3. The number of nitrogens with zero attached hydrogens (tertiary/aromatic N) is 1. The van der Waals surface area contributed by atoms with Gasteiger partial charge in [-0.3, -0.25) is 14.9 Å². The van der Waals surface area contributed by atoms with Crippen LogP contribution >= 0.6 is 43.5 Å². The zero-order valence-corrected chi connectivity index (χ0v) is 22.6. The number of hydrogen-bond donors (Lipinski definition) is 1. The molecule has 3 aromatic rings. The number of halogens is 3. The predicted octanol–water partition coefficient (Wildman–Crippen LogP) is 6.73. The third-order valence-electron chi connectivity index (χ3n) is 5.52. The molecule has 0 spiro atoms. The minimum Gasteiger partial charge on any atom is -0.487 e. The Kier molecular flexibility index (Phi) is 7.44. The van der Waals surface area contributed by atoms with Crippen LogP contribution in [0.2, 0.25) is 5.02 Å². The van der Waals surface area contributed by atoms with Crippen LogP contribution < -0.4 is 15.0 Å². The van der Waals surface area contributed by atoms with E-state index in [0.29, 0.717) is 31.0 Å². The summed E-state index contributed by atoms with van der Waals surface area (Å²) in [5.41, 5.74) is 3.35.